The van der Waals surface area contributed by atoms with E-state index in [-0.39, 0.29) is 17.6 Å². The monoisotopic (exact) mass is 288 g/mol. The molecule has 1 aromatic rings. The number of nitrogens with one attached hydrogen (secondary N) is 2. The van der Waals surface area contributed by atoms with Crippen molar-refractivity contribution in [1.82, 2.24) is 5.32 Å². The van der Waals surface area contributed by atoms with E-state index in [1.165, 1.54) is 18.2 Å². The lowest BCUT2D eigenvalue weighted by molar-refractivity contribution is 0.0654. The predicted octanol–water partition coefficient (Wildman–Crippen LogP) is 3.01. The zero-order chi connectivity index (χ0) is 14.6. The second-order valence-corrected chi connectivity index (χ2v) is 5.78. The quantitative estimate of drug-likeness (QED) is 0.801. The highest BCUT2D eigenvalue weighted by atomic mass is 35.5. The maximum Gasteiger partial charge on any atom is 0.319 e. The molecule has 0 saturated carbocycles. The number of carbonyl (C=O) groups is 1. The smallest absolute Gasteiger partial charge is 0.319 e. The molecule has 0 aromatic heterocycles. The first-order valence-corrected chi connectivity index (χ1v) is 6.26. The summed E-state index contributed by atoms with van der Waals surface area (Å²) >= 11 is 5.71. The van der Waals surface area contributed by atoms with Gasteiger partial charge in [-0.2, -0.15) is 0 Å². The van der Waals surface area contributed by atoms with Crippen LogP contribution in [0.15, 0.2) is 18.2 Å². The predicted molar refractivity (Wildman–Crippen MR) is 73.9 cm³/mol. The van der Waals surface area contributed by atoms with E-state index >= 15 is 0 Å². The van der Waals surface area contributed by atoms with Crippen LogP contribution in [-0.2, 0) is 0 Å². The molecule has 1 atom stereocenters. The third-order valence-electron chi connectivity index (χ3n) is 2.63. The van der Waals surface area contributed by atoms with Crippen molar-refractivity contribution in [3.05, 3.63) is 29.0 Å². The van der Waals surface area contributed by atoms with Crippen LogP contribution in [0.2, 0.25) is 5.02 Å². The fourth-order valence-corrected chi connectivity index (χ4v) is 1.43. The van der Waals surface area contributed by atoms with E-state index in [4.69, 9.17) is 11.6 Å². The molecule has 1 rings (SSSR count). The van der Waals surface area contributed by atoms with E-state index in [1.54, 1.807) is 0 Å². The molecule has 0 saturated heterocycles. The van der Waals surface area contributed by atoms with Crippen molar-refractivity contribution in [2.24, 2.45) is 5.41 Å². The summed E-state index contributed by atoms with van der Waals surface area (Å²) in [6.07, 6.45) is -0.692. The SMILES string of the molecule is CC(C)(C)C(O)CNC(=O)Nc1cc(Cl)ccc1F. The Bertz CT molecular complexity index is 460. The Balaban J connectivity index is 2.54. The number of halogens is 2. The first kappa shape index (κ1) is 15.7. The number of anilines is 1. The van der Waals surface area contributed by atoms with Gasteiger partial charge in [-0.25, -0.2) is 9.18 Å². The highest BCUT2D eigenvalue weighted by Crippen LogP contribution is 2.20. The van der Waals surface area contributed by atoms with Crippen molar-refractivity contribution >= 4 is 23.3 Å². The third kappa shape index (κ3) is 5.04. The average Bonchev–Trinajstić information content (AvgIpc) is 2.29. The Labute approximate surface area is 117 Å². The van der Waals surface area contributed by atoms with Crippen LogP contribution in [0.5, 0.6) is 0 Å². The molecular formula is C13H18ClFN2O2. The molecule has 0 heterocycles. The second-order valence-electron chi connectivity index (χ2n) is 5.34. The molecule has 1 aromatic carbocycles. The van der Waals surface area contributed by atoms with Crippen molar-refractivity contribution in [3.63, 3.8) is 0 Å². The Hall–Kier alpha value is -1.33. The summed E-state index contributed by atoms with van der Waals surface area (Å²) in [5, 5.41) is 14.9. The summed E-state index contributed by atoms with van der Waals surface area (Å²) in [6, 6.07) is 3.28. The van der Waals surface area contributed by atoms with E-state index < -0.39 is 18.0 Å². The molecule has 4 nitrogen and oxygen atoms in total. The van der Waals surface area contributed by atoms with Gasteiger partial charge in [-0.1, -0.05) is 32.4 Å². The van der Waals surface area contributed by atoms with E-state index in [9.17, 15) is 14.3 Å². The summed E-state index contributed by atoms with van der Waals surface area (Å²) in [7, 11) is 0. The normalized spacial score (nSPS) is 12.9. The number of aliphatic hydroxyl groups excluding tert-OH is 1. The van der Waals surface area contributed by atoms with Crippen LogP contribution in [0.4, 0.5) is 14.9 Å². The van der Waals surface area contributed by atoms with Crippen LogP contribution in [0.3, 0.4) is 0 Å². The number of rotatable bonds is 3. The van der Waals surface area contributed by atoms with E-state index in [0.29, 0.717) is 5.02 Å². The minimum absolute atomic E-state index is 0.00440. The number of carbonyl (C=O) groups excluding carboxylic acids is 1. The highest BCUT2D eigenvalue weighted by Gasteiger charge is 2.22. The van der Waals surface area contributed by atoms with Gasteiger partial charge in [0.2, 0.25) is 0 Å². The van der Waals surface area contributed by atoms with Crippen LogP contribution in [-0.4, -0.2) is 23.8 Å². The first-order valence-electron chi connectivity index (χ1n) is 5.88. The summed E-state index contributed by atoms with van der Waals surface area (Å²) in [6.45, 7) is 5.65. The second kappa shape index (κ2) is 6.21. The van der Waals surface area contributed by atoms with Gasteiger partial charge in [0.05, 0.1) is 11.8 Å². The average molecular weight is 289 g/mol. The lowest BCUT2D eigenvalue weighted by Crippen LogP contribution is -2.41. The molecule has 0 aliphatic heterocycles. The molecule has 3 N–H and O–H groups in total. The minimum Gasteiger partial charge on any atom is -0.391 e. The lowest BCUT2D eigenvalue weighted by Gasteiger charge is -2.25. The van der Waals surface area contributed by atoms with Gasteiger partial charge < -0.3 is 15.7 Å². The largest absolute Gasteiger partial charge is 0.391 e. The highest BCUT2D eigenvalue weighted by molar-refractivity contribution is 6.30. The van der Waals surface area contributed by atoms with Crippen molar-refractivity contribution in [3.8, 4) is 0 Å². The number of hydrogen-bond donors (Lipinski definition) is 3. The molecule has 0 aliphatic rings. The fraction of sp³-hybridized carbons (Fsp3) is 0.462. The fourth-order valence-electron chi connectivity index (χ4n) is 1.26. The summed E-state index contributed by atoms with van der Waals surface area (Å²) < 4.78 is 13.4. The van der Waals surface area contributed by atoms with Crippen molar-refractivity contribution in [1.29, 1.82) is 0 Å². The van der Waals surface area contributed by atoms with Crippen LogP contribution in [0.25, 0.3) is 0 Å². The Morgan fingerprint density at radius 1 is 1.47 bits per heavy atom. The summed E-state index contributed by atoms with van der Waals surface area (Å²) in [4.78, 5) is 11.6. The van der Waals surface area contributed by atoms with Gasteiger partial charge in [0.25, 0.3) is 0 Å². The molecular weight excluding hydrogens is 271 g/mol. The minimum atomic E-state index is -0.692. The van der Waals surface area contributed by atoms with Gasteiger partial charge in [0.15, 0.2) is 0 Å². The van der Waals surface area contributed by atoms with Gasteiger partial charge in [-0.15, -0.1) is 0 Å². The Kier molecular flexibility index (Phi) is 5.14. The summed E-state index contributed by atoms with van der Waals surface area (Å²) in [5.74, 6) is -0.573. The van der Waals surface area contributed by atoms with Crippen molar-refractivity contribution in [2.45, 2.75) is 26.9 Å². The van der Waals surface area contributed by atoms with Crippen molar-refractivity contribution < 1.29 is 14.3 Å². The standard InChI is InChI=1S/C13H18ClFN2O2/c1-13(2,3)11(18)7-16-12(19)17-10-6-8(14)4-5-9(10)15/h4-6,11,18H,7H2,1-3H3,(H2,16,17,19). The zero-order valence-electron chi connectivity index (χ0n) is 11.1. The Morgan fingerprint density at radius 3 is 2.68 bits per heavy atom. The Morgan fingerprint density at radius 2 is 2.11 bits per heavy atom. The van der Waals surface area contributed by atoms with Gasteiger partial charge in [-0.05, 0) is 23.6 Å². The molecule has 2 amide bonds. The summed E-state index contributed by atoms with van der Waals surface area (Å²) in [5.41, 5.74) is -0.343. The van der Waals surface area contributed by atoms with Crippen LogP contribution in [0.1, 0.15) is 20.8 Å². The zero-order valence-corrected chi connectivity index (χ0v) is 11.9. The first-order chi connectivity index (χ1) is 8.70. The lowest BCUT2D eigenvalue weighted by atomic mass is 9.89. The molecule has 106 valence electrons. The van der Waals surface area contributed by atoms with Gasteiger partial charge in [0.1, 0.15) is 5.82 Å². The van der Waals surface area contributed by atoms with Gasteiger partial charge >= 0.3 is 6.03 Å². The molecule has 0 aliphatic carbocycles. The van der Waals surface area contributed by atoms with E-state index in [0.717, 1.165) is 0 Å². The maximum absolute atomic E-state index is 13.4. The van der Waals surface area contributed by atoms with Gasteiger partial charge in [0, 0.05) is 11.6 Å². The third-order valence-corrected chi connectivity index (χ3v) is 2.87. The van der Waals surface area contributed by atoms with Crippen molar-refractivity contribution in [2.75, 3.05) is 11.9 Å². The van der Waals surface area contributed by atoms with Crippen LogP contribution >= 0.6 is 11.6 Å². The molecule has 0 spiro atoms. The topological polar surface area (TPSA) is 61.4 Å². The maximum atomic E-state index is 13.4. The molecule has 19 heavy (non-hydrogen) atoms. The molecule has 1 unspecified atom stereocenters. The number of aliphatic hydroxyl groups is 1. The molecule has 6 heteroatoms. The molecule has 0 fully saturated rings. The van der Waals surface area contributed by atoms with Gasteiger partial charge in [-0.3, -0.25) is 0 Å². The van der Waals surface area contributed by atoms with Crippen LogP contribution < -0.4 is 10.6 Å². The number of amides is 2. The van der Waals surface area contributed by atoms with E-state index in [2.05, 4.69) is 10.6 Å². The number of urea groups is 1. The van der Waals surface area contributed by atoms with Crippen LogP contribution in [0, 0.1) is 11.2 Å². The number of benzene rings is 1. The molecule has 0 bridgehead atoms. The molecule has 0 radical (unpaired) electrons. The number of hydrogen-bond acceptors (Lipinski definition) is 2. The van der Waals surface area contributed by atoms with E-state index in [1.807, 2.05) is 20.8 Å².